The van der Waals surface area contributed by atoms with E-state index in [1.165, 1.54) is 167 Å². The zero-order valence-electron chi connectivity index (χ0n) is 54.4. The predicted molar refractivity (Wildman–Crippen MR) is 362 cm³/mol. The maximum absolute atomic E-state index is 13.0. The molecule has 0 rings (SSSR count). The molecule has 1 atom stereocenters. The summed E-state index contributed by atoms with van der Waals surface area (Å²) in [5.74, 6) is -0.901. The summed E-state index contributed by atoms with van der Waals surface area (Å²) in [7, 11) is 0. The first-order chi connectivity index (χ1) is 41.0. The predicted octanol–water partition coefficient (Wildman–Crippen LogP) is 24.3. The van der Waals surface area contributed by atoms with Gasteiger partial charge in [0.15, 0.2) is 6.10 Å². The summed E-state index contributed by atoms with van der Waals surface area (Å²) in [6.45, 7) is 6.50. The second-order valence-corrected chi connectivity index (χ2v) is 23.1. The number of unbranched alkanes of at least 4 members (excludes halogenated alkanes) is 32. The van der Waals surface area contributed by atoms with Crippen molar-refractivity contribution in [2.24, 2.45) is 0 Å². The van der Waals surface area contributed by atoms with Crippen LogP contribution in [0, 0.1) is 0 Å². The number of carbonyl (C=O) groups is 3. The molecular formula is C77H130O6. The standard InChI is InChI=1S/C77H130O6/c1-4-7-10-13-16-19-22-25-28-31-33-35-37-38-40-41-43-46-49-52-55-58-61-64-67-70-76(79)82-73-74(72-81-75(78)69-66-63-60-57-54-51-48-45-30-27-24-21-18-15-12-9-6-3)83-77(80)71-68-65-62-59-56-53-50-47-44-42-39-36-34-32-29-26-23-20-17-14-11-8-5-2/h8,11,17-18,20-22,25-27,29-31,33-34,36-38,42,44,74H,4-7,9-10,12-16,19,23-24,28,32,35,39-41,43,45-73H2,1-3H3/b11-8-,20-17-,21-18-,25-22-,29-26-,30-27-,33-31-,36-34-,38-37-,44-42-. The quantitative estimate of drug-likeness (QED) is 0.0261. The monoisotopic (exact) mass is 1150 g/mol. The third-order valence-electron chi connectivity index (χ3n) is 14.9. The second kappa shape index (κ2) is 70.3. The highest BCUT2D eigenvalue weighted by Gasteiger charge is 2.19. The molecule has 6 nitrogen and oxygen atoms in total. The van der Waals surface area contributed by atoms with Crippen LogP contribution in [-0.2, 0) is 28.6 Å². The average molecular weight is 1150 g/mol. The fraction of sp³-hybridized carbons (Fsp3) is 0.701. The number of hydrogen-bond acceptors (Lipinski definition) is 6. The van der Waals surface area contributed by atoms with Gasteiger partial charge < -0.3 is 14.2 Å². The van der Waals surface area contributed by atoms with E-state index in [4.69, 9.17) is 14.2 Å². The first kappa shape index (κ1) is 78.8. The summed E-state index contributed by atoms with van der Waals surface area (Å²) in [6, 6.07) is 0. The summed E-state index contributed by atoms with van der Waals surface area (Å²) in [5.41, 5.74) is 0. The highest BCUT2D eigenvalue weighted by Crippen LogP contribution is 2.16. The molecule has 0 aliphatic heterocycles. The van der Waals surface area contributed by atoms with Crippen molar-refractivity contribution in [3.8, 4) is 0 Å². The van der Waals surface area contributed by atoms with Crippen molar-refractivity contribution < 1.29 is 28.6 Å². The summed E-state index contributed by atoms with van der Waals surface area (Å²) in [4.78, 5) is 38.5. The molecule has 0 radical (unpaired) electrons. The third-order valence-corrected chi connectivity index (χ3v) is 14.9. The fourth-order valence-electron chi connectivity index (χ4n) is 9.68. The fourth-order valence-corrected chi connectivity index (χ4v) is 9.68. The van der Waals surface area contributed by atoms with Crippen molar-refractivity contribution in [3.05, 3.63) is 122 Å². The van der Waals surface area contributed by atoms with Crippen molar-refractivity contribution in [2.75, 3.05) is 13.2 Å². The van der Waals surface area contributed by atoms with Gasteiger partial charge in [0.2, 0.25) is 0 Å². The van der Waals surface area contributed by atoms with Crippen molar-refractivity contribution in [3.63, 3.8) is 0 Å². The molecule has 0 aromatic carbocycles. The van der Waals surface area contributed by atoms with E-state index in [1.54, 1.807) is 0 Å². The zero-order valence-corrected chi connectivity index (χ0v) is 54.4. The first-order valence-electron chi connectivity index (χ1n) is 35.0. The van der Waals surface area contributed by atoms with E-state index in [-0.39, 0.29) is 31.1 Å². The highest BCUT2D eigenvalue weighted by molar-refractivity contribution is 5.71. The second-order valence-electron chi connectivity index (χ2n) is 23.1. The molecule has 6 heteroatoms. The van der Waals surface area contributed by atoms with Gasteiger partial charge in [-0.1, -0.05) is 296 Å². The lowest BCUT2D eigenvalue weighted by Crippen LogP contribution is -2.30. The Morgan fingerprint density at radius 2 is 0.470 bits per heavy atom. The SMILES string of the molecule is CC/C=C\C/C=C\C/C=C\C/C=C\C/C=C\CCCCCCCCCC(=O)OC(COC(=O)CCCCCCCCC/C=C\C/C=C\CCCCC)COC(=O)CCCCCCCCCCCC/C=C\C/C=C\C/C=C\CCCCCCC. The smallest absolute Gasteiger partial charge is 0.306 e. The third kappa shape index (κ3) is 68.5. The van der Waals surface area contributed by atoms with Crippen LogP contribution in [0.4, 0.5) is 0 Å². The molecule has 0 aliphatic carbocycles. The first-order valence-corrected chi connectivity index (χ1v) is 35.0. The summed E-state index contributed by atoms with van der Waals surface area (Å²) >= 11 is 0. The van der Waals surface area contributed by atoms with E-state index in [0.717, 1.165) is 122 Å². The molecule has 0 heterocycles. The van der Waals surface area contributed by atoms with Crippen LogP contribution in [0.1, 0.15) is 329 Å². The Morgan fingerprint density at radius 1 is 0.253 bits per heavy atom. The normalized spacial score (nSPS) is 12.9. The van der Waals surface area contributed by atoms with Gasteiger partial charge in [0.1, 0.15) is 13.2 Å². The maximum atomic E-state index is 13.0. The number of ether oxygens (including phenoxy) is 3. The molecule has 83 heavy (non-hydrogen) atoms. The van der Waals surface area contributed by atoms with E-state index < -0.39 is 6.10 Å². The van der Waals surface area contributed by atoms with E-state index in [1.807, 2.05) is 0 Å². The Labute approximate surface area is 513 Å². The van der Waals surface area contributed by atoms with Crippen LogP contribution in [-0.4, -0.2) is 37.2 Å². The van der Waals surface area contributed by atoms with E-state index >= 15 is 0 Å². The Hall–Kier alpha value is -4.19. The summed E-state index contributed by atoms with van der Waals surface area (Å²) < 4.78 is 17.0. The Balaban J connectivity index is 4.41. The molecule has 1 unspecified atom stereocenters. The number of esters is 3. The largest absolute Gasteiger partial charge is 0.462 e. The van der Waals surface area contributed by atoms with Crippen LogP contribution in [0.5, 0.6) is 0 Å². The molecule has 474 valence electrons. The van der Waals surface area contributed by atoms with Crippen LogP contribution in [0.2, 0.25) is 0 Å². The lowest BCUT2D eigenvalue weighted by molar-refractivity contribution is -0.167. The average Bonchev–Trinajstić information content (AvgIpc) is 3.49. The van der Waals surface area contributed by atoms with Crippen LogP contribution < -0.4 is 0 Å². The van der Waals surface area contributed by atoms with Crippen molar-refractivity contribution in [2.45, 2.75) is 335 Å². The summed E-state index contributed by atoms with van der Waals surface area (Å²) in [5, 5.41) is 0. The lowest BCUT2D eigenvalue weighted by Gasteiger charge is -2.18. The number of rotatable bonds is 63. The molecule has 0 aliphatic rings. The Morgan fingerprint density at radius 3 is 0.759 bits per heavy atom. The molecule has 0 fully saturated rings. The molecule has 0 N–H and O–H groups in total. The molecule has 0 spiro atoms. The van der Waals surface area contributed by atoms with Gasteiger partial charge in [0.25, 0.3) is 0 Å². The minimum absolute atomic E-state index is 0.0888. The minimum Gasteiger partial charge on any atom is -0.462 e. The maximum Gasteiger partial charge on any atom is 0.306 e. The van der Waals surface area contributed by atoms with Crippen LogP contribution in [0.3, 0.4) is 0 Å². The van der Waals surface area contributed by atoms with Gasteiger partial charge in [-0.25, -0.2) is 0 Å². The molecule has 0 amide bonds. The van der Waals surface area contributed by atoms with E-state index in [2.05, 4.69) is 142 Å². The molecule has 0 bridgehead atoms. The van der Waals surface area contributed by atoms with Crippen molar-refractivity contribution >= 4 is 17.9 Å². The Bertz CT molecular complexity index is 1700. The van der Waals surface area contributed by atoms with Crippen LogP contribution >= 0.6 is 0 Å². The highest BCUT2D eigenvalue weighted by atomic mass is 16.6. The Kier molecular flexibility index (Phi) is 66.7. The van der Waals surface area contributed by atoms with Gasteiger partial charge in [-0.15, -0.1) is 0 Å². The molecule has 0 aromatic heterocycles. The van der Waals surface area contributed by atoms with Crippen LogP contribution in [0.15, 0.2) is 122 Å². The number of allylic oxidation sites excluding steroid dienone is 20. The lowest BCUT2D eigenvalue weighted by atomic mass is 10.1. The van der Waals surface area contributed by atoms with E-state index in [0.29, 0.717) is 19.3 Å². The molecular weight excluding hydrogens is 1020 g/mol. The van der Waals surface area contributed by atoms with Gasteiger partial charge in [-0.3, -0.25) is 14.4 Å². The minimum atomic E-state index is -0.795. The molecule has 0 saturated heterocycles. The van der Waals surface area contributed by atoms with Gasteiger partial charge in [-0.2, -0.15) is 0 Å². The topological polar surface area (TPSA) is 78.9 Å². The van der Waals surface area contributed by atoms with Crippen molar-refractivity contribution in [1.29, 1.82) is 0 Å². The van der Waals surface area contributed by atoms with Crippen molar-refractivity contribution in [1.82, 2.24) is 0 Å². The molecule has 0 aromatic rings. The van der Waals surface area contributed by atoms with Gasteiger partial charge >= 0.3 is 17.9 Å². The van der Waals surface area contributed by atoms with Crippen LogP contribution in [0.25, 0.3) is 0 Å². The van der Waals surface area contributed by atoms with Gasteiger partial charge in [-0.05, 0) is 135 Å². The van der Waals surface area contributed by atoms with E-state index in [9.17, 15) is 14.4 Å². The van der Waals surface area contributed by atoms with Gasteiger partial charge in [0, 0.05) is 19.3 Å². The summed E-state index contributed by atoms with van der Waals surface area (Å²) in [6.07, 6.45) is 97.8. The molecule has 0 saturated carbocycles. The number of hydrogen-bond donors (Lipinski definition) is 0. The zero-order chi connectivity index (χ0) is 59.9. The van der Waals surface area contributed by atoms with Gasteiger partial charge in [0.05, 0.1) is 0 Å². The number of carbonyl (C=O) groups excluding carboxylic acids is 3.